The molecule has 164 valence electrons. The van der Waals surface area contributed by atoms with Gasteiger partial charge in [0.15, 0.2) is 6.61 Å². The van der Waals surface area contributed by atoms with Crippen molar-refractivity contribution >= 4 is 17.7 Å². The SMILES string of the molecule is CC(C)[C@@H](NC(=O)COc1ccccc1)C(=O)N1CCN(C(=O)c2ccccc2)CC1. The number of rotatable bonds is 7. The minimum atomic E-state index is -0.636. The molecule has 2 aromatic carbocycles. The first-order valence-electron chi connectivity index (χ1n) is 10.6. The Morgan fingerprint density at radius 3 is 2.00 bits per heavy atom. The lowest BCUT2D eigenvalue weighted by molar-refractivity contribution is -0.139. The van der Waals surface area contributed by atoms with E-state index in [4.69, 9.17) is 4.74 Å². The van der Waals surface area contributed by atoms with Crippen molar-refractivity contribution in [2.24, 2.45) is 5.92 Å². The molecule has 0 saturated carbocycles. The van der Waals surface area contributed by atoms with Crippen molar-refractivity contribution in [3.8, 4) is 5.75 Å². The molecule has 1 aliphatic rings. The third-order valence-electron chi connectivity index (χ3n) is 5.26. The number of nitrogens with one attached hydrogen (secondary N) is 1. The van der Waals surface area contributed by atoms with Crippen LogP contribution in [0.2, 0.25) is 0 Å². The van der Waals surface area contributed by atoms with Gasteiger partial charge in [-0.2, -0.15) is 0 Å². The number of ether oxygens (including phenoxy) is 1. The molecule has 1 aliphatic heterocycles. The molecule has 31 heavy (non-hydrogen) atoms. The van der Waals surface area contributed by atoms with Crippen molar-refractivity contribution in [2.45, 2.75) is 19.9 Å². The fraction of sp³-hybridized carbons (Fsp3) is 0.375. The molecule has 1 heterocycles. The molecule has 7 nitrogen and oxygen atoms in total. The van der Waals surface area contributed by atoms with Gasteiger partial charge in [-0.05, 0) is 30.2 Å². The first-order valence-corrected chi connectivity index (χ1v) is 10.6. The van der Waals surface area contributed by atoms with E-state index >= 15 is 0 Å². The number of benzene rings is 2. The summed E-state index contributed by atoms with van der Waals surface area (Å²) in [6.45, 7) is 5.46. The van der Waals surface area contributed by atoms with Crippen LogP contribution >= 0.6 is 0 Å². The van der Waals surface area contributed by atoms with Crippen molar-refractivity contribution in [2.75, 3.05) is 32.8 Å². The van der Waals surface area contributed by atoms with Gasteiger partial charge in [-0.25, -0.2) is 0 Å². The van der Waals surface area contributed by atoms with Gasteiger partial charge in [0.1, 0.15) is 11.8 Å². The van der Waals surface area contributed by atoms with Gasteiger partial charge in [0.25, 0.3) is 11.8 Å². The fourth-order valence-corrected chi connectivity index (χ4v) is 3.48. The summed E-state index contributed by atoms with van der Waals surface area (Å²) in [6.07, 6.45) is 0. The fourth-order valence-electron chi connectivity index (χ4n) is 3.48. The molecule has 1 atom stereocenters. The van der Waals surface area contributed by atoms with Gasteiger partial charge in [-0.3, -0.25) is 14.4 Å². The topological polar surface area (TPSA) is 79.0 Å². The van der Waals surface area contributed by atoms with Gasteiger partial charge in [0.2, 0.25) is 5.91 Å². The van der Waals surface area contributed by atoms with E-state index in [9.17, 15) is 14.4 Å². The Morgan fingerprint density at radius 1 is 0.871 bits per heavy atom. The van der Waals surface area contributed by atoms with E-state index in [0.29, 0.717) is 37.5 Å². The maximum Gasteiger partial charge on any atom is 0.258 e. The monoisotopic (exact) mass is 423 g/mol. The van der Waals surface area contributed by atoms with Crippen LogP contribution in [-0.2, 0) is 9.59 Å². The highest BCUT2D eigenvalue weighted by Gasteiger charge is 2.31. The third kappa shape index (κ3) is 6.07. The maximum absolute atomic E-state index is 13.1. The molecular weight excluding hydrogens is 394 g/mol. The molecule has 1 N–H and O–H groups in total. The van der Waals surface area contributed by atoms with Crippen LogP contribution in [0, 0.1) is 5.92 Å². The number of carbonyl (C=O) groups is 3. The predicted octanol–water partition coefficient (Wildman–Crippen LogP) is 2.19. The average molecular weight is 424 g/mol. The van der Waals surface area contributed by atoms with E-state index < -0.39 is 6.04 Å². The molecule has 3 amide bonds. The first kappa shape index (κ1) is 22.3. The lowest BCUT2D eigenvalue weighted by Gasteiger charge is -2.37. The zero-order valence-electron chi connectivity index (χ0n) is 18.0. The number of hydrogen-bond donors (Lipinski definition) is 1. The van der Waals surface area contributed by atoms with E-state index in [0.717, 1.165) is 0 Å². The second-order valence-electron chi connectivity index (χ2n) is 7.87. The van der Waals surface area contributed by atoms with Gasteiger partial charge in [0.05, 0.1) is 0 Å². The molecule has 7 heteroatoms. The van der Waals surface area contributed by atoms with Crippen molar-refractivity contribution in [1.29, 1.82) is 0 Å². The number of amides is 3. The number of para-hydroxylation sites is 1. The molecule has 2 aromatic rings. The molecular formula is C24H29N3O4. The molecule has 0 aliphatic carbocycles. The number of carbonyl (C=O) groups excluding carboxylic acids is 3. The van der Waals surface area contributed by atoms with Crippen molar-refractivity contribution in [3.05, 3.63) is 66.2 Å². The molecule has 0 spiro atoms. The summed E-state index contributed by atoms with van der Waals surface area (Å²) < 4.78 is 5.47. The molecule has 0 bridgehead atoms. The summed E-state index contributed by atoms with van der Waals surface area (Å²) in [5.41, 5.74) is 0.646. The van der Waals surface area contributed by atoms with E-state index in [1.165, 1.54) is 0 Å². The van der Waals surface area contributed by atoms with Gasteiger partial charge >= 0.3 is 0 Å². The second kappa shape index (κ2) is 10.6. The normalized spacial score (nSPS) is 14.8. The van der Waals surface area contributed by atoms with Crippen molar-refractivity contribution < 1.29 is 19.1 Å². The van der Waals surface area contributed by atoms with Crippen LogP contribution in [0.25, 0.3) is 0 Å². The summed E-state index contributed by atoms with van der Waals surface area (Å²) in [5, 5.41) is 2.81. The average Bonchev–Trinajstić information content (AvgIpc) is 2.81. The quantitative estimate of drug-likeness (QED) is 0.741. The molecule has 0 aromatic heterocycles. The number of nitrogens with zero attached hydrogens (tertiary/aromatic N) is 2. The Bertz CT molecular complexity index is 878. The first-order chi connectivity index (χ1) is 15.0. The van der Waals surface area contributed by atoms with Crippen molar-refractivity contribution in [1.82, 2.24) is 15.1 Å². The largest absolute Gasteiger partial charge is 0.484 e. The summed E-state index contributed by atoms with van der Waals surface area (Å²) in [6, 6.07) is 17.6. The second-order valence-corrected chi connectivity index (χ2v) is 7.87. The van der Waals surface area contributed by atoms with Crippen LogP contribution in [-0.4, -0.2) is 66.3 Å². The van der Waals surface area contributed by atoms with E-state index in [2.05, 4.69) is 5.32 Å². The van der Waals surface area contributed by atoms with Gasteiger partial charge in [-0.15, -0.1) is 0 Å². The standard InChI is InChI=1S/C24H29N3O4/c1-18(2)22(25-21(28)17-31-20-11-7-4-8-12-20)24(30)27-15-13-26(14-16-27)23(29)19-9-5-3-6-10-19/h3-12,18,22H,13-17H2,1-2H3,(H,25,28)/t22-/m1/s1. The molecule has 0 unspecified atom stereocenters. The number of hydrogen-bond acceptors (Lipinski definition) is 4. The summed E-state index contributed by atoms with van der Waals surface area (Å²) in [5.74, 6) is 0.0320. The highest BCUT2D eigenvalue weighted by atomic mass is 16.5. The molecule has 1 saturated heterocycles. The van der Waals surface area contributed by atoms with Gasteiger partial charge in [0, 0.05) is 31.7 Å². The van der Waals surface area contributed by atoms with Gasteiger partial charge in [-0.1, -0.05) is 50.2 Å². The maximum atomic E-state index is 13.1. The molecule has 1 fully saturated rings. The van der Waals surface area contributed by atoms with Gasteiger partial charge < -0.3 is 19.9 Å². The Hall–Kier alpha value is -3.35. The summed E-state index contributed by atoms with van der Waals surface area (Å²) >= 11 is 0. The van der Waals surface area contributed by atoms with Crippen molar-refractivity contribution in [3.63, 3.8) is 0 Å². The minimum absolute atomic E-state index is 0.0283. The lowest BCUT2D eigenvalue weighted by atomic mass is 10.0. The summed E-state index contributed by atoms with van der Waals surface area (Å²) in [4.78, 5) is 41.5. The Balaban J connectivity index is 1.52. The van der Waals surface area contributed by atoms with Crippen LogP contribution in [0.15, 0.2) is 60.7 Å². The highest BCUT2D eigenvalue weighted by molar-refractivity contribution is 5.94. The predicted molar refractivity (Wildman–Crippen MR) is 118 cm³/mol. The zero-order chi connectivity index (χ0) is 22.2. The molecule has 3 rings (SSSR count). The van der Waals surface area contributed by atoms with E-state index in [-0.39, 0.29) is 30.2 Å². The van der Waals surface area contributed by atoms with Crippen LogP contribution in [0.5, 0.6) is 5.75 Å². The van der Waals surface area contributed by atoms with Crippen LogP contribution in [0.4, 0.5) is 0 Å². The van der Waals surface area contributed by atoms with E-state index in [1.807, 2.05) is 50.2 Å². The lowest BCUT2D eigenvalue weighted by Crippen LogP contribution is -2.57. The van der Waals surface area contributed by atoms with E-state index in [1.54, 1.807) is 34.1 Å². The summed E-state index contributed by atoms with van der Waals surface area (Å²) in [7, 11) is 0. The molecule has 0 radical (unpaired) electrons. The van der Waals surface area contributed by atoms with Crippen LogP contribution in [0.3, 0.4) is 0 Å². The minimum Gasteiger partial charge on any atom is -0.484 e. The highest BCUT2D eigenvalue weighted by Crippen LogP contribution is 2.13. The van der Waals surface area contributed by atoms with Crippen LogP contribution in [0.1, 0.15) is 24.2 Å². The Kier molecular flexibility index (Phi) is 7.65. The number of piperazine rings is 1. The Labute approximate surface area is 183 Å². The van der Waals surface area contributed by atoms with Crippen LogP contribution < -0.4 is 10.1 Å². The Morgan fingerprint density at radius 2 is 1.42 bits per heavy atom. The zero-order valence-corrected chi connectivity index (χ0v) is 18.0. The smallest absolute Gasteiger partial charge is 0.258 e. The third-order valence-corrected chi connectivity index (χ3v) is 5.26.